The monoisotopic (exact) mass is 458 g/mol. The van der Waals surface area contributed by atoms with Crippen molar-refractivity contribution in [2.75, 3.05) is 26.2 Å². The van der Waals surface area contributed by atoms with Crippen LogP contribution in [-0.2, 0) is 21.4 Å². The maximum Gasteiger partial charge on any atom is 0.246 e. The molecule has 0 spiro atoms. The summed E-state index contributed by atoms with van der Waals surface area (Å²) < 4.78 is 45.8. The quantitative estimate of drug-likeness (QED) is 0.712. The molecule has 30 heavy (non-hydrogen) atoms. The fourth-order valence-corrected chi connectivity index (χ4v) is 5.24. The molecule has 1 saturated heterocycles. The third-order valence-corrected chi connectivity index (χ3v) is 7.17. The van der Waals surface area contributed by atoms with Crippen molar-refractivity contribution in [3.63, 3.8) is 0 Å². The van der Waals surface area contributed by atoms with E-state index < -0.39 is 16.1 Å². The van der Waals surface area contributed by atoms with E-state index in [0.717, 1.165) is 5.56 Å². The first-order valence-corrected chi connectivity index (χ1v) is 11.3. The second kappa shape index (κ2) is 9.01. The highest BCUT2D eigenvalue weighted by Crippen LogP contribution is 2.21. The number of aryl methyl sites for hydroxylation is 2. The molecular formula is C19H24ClFN4O4S. The number of sulfonamides is 1. The molecule has 0 aliphatic carbocycles. The maximum absolute atomic E-state index is 13.2. The normalized spacial score (nSPS) is 16.6. The molecule has 164 valence electrons. The van der Waals surface area contributed by atoms with E-state index in [9.17, 15) is 17.6 Å². The number of rotatable bonds is 6. The van der Waals surface area contributed by atoms with E-state index in [-0.39, 0.29) is 28.1 Å². The molecule has 1 aromatic heterocycles. The fourth-order valence-electron chi connectivity index (χ4n) is 3.49. The zero-order valence-electron chi connectivity index (χ0n) is 17.0. The Hall–Kier alpha value is -2.01. The van der Waals surface area contributed by atoms with Crippen LogP contribution in [0, 0.1) is 19.7 Å². The van der Waals surface area contributed by atoms with Gasteiger partial charge in [-0.05, 0) is 38.5 Å². The van der Waals surface area contributed by atoms with E-state index in [1.165, 1.54) is 32.9 Å². The molecule has 1 atom stereocenters. The van der Waals surface area contributed by atoms with Crippen LogP contribution in [0.4, 0.5) is 4.39 Å². The van der Waals surface area contributed by atoms with E-state index in [1.807, 2.05) is 0 Å². The number of carbonyl (C=O) groups is 1. The summed E-state index contributed by atoms with van der Waals surface area (Å²) in [6.07, 6.45) is 0. The zero-order valence-corrected chi connectivity index (χ0v) is 18.6. The number of carbonyl (C=O) groups excluding carboxylic acids is 1. The Labute approximate surface area is 180 Å². The van der Waals surface area contributed by atoms with Crippen molar-refractivity contribution in [2.45, 2.75) is 38.3 Å². The number of hydrogen-bond acceptors (Lipinski definition) is 6. The Kier molecular flexibility index (Phi) is 6.81. The van der Waals surface area contributed by atoms with Crippen molar-refractivity contribution in [3.8, 4) is 0 Å². The predicted molar refractivity (Wildman–Crippen MR) is 109 cm³/mol. The molecule has 3 rings (SSSR count). The summed E-state index contributed by atoms with van der Waals surface area (Å²) in [6.45, 7) is 7.21. The van der Waals surface area contributed by atoms with E-state index in [4.69, 9.17) is 16.1 Å². The average molecular weight is 459 g/mol. The van der Waals surface area contributed by atoms with Crippen LogP contribution in [0.15, 0.2) is 27.6 Å². The van der Waals surface area contributed by atoms with Gasteiger partial charge in [0.05, 0.1) is 6.04 Å². The van der Waals surface area contributed by atoms with E-state index in [2.05, 4.69) is 14.8 Å². The van der Waals surface area contributed by atoms with Gasteiger partial charge in [-0.3, -0.25) is 9.69 Å². The van der Waals surface area contributed by atoms with Gasteiger partial charge in [0.2, 0.25) is 15.9 Å². The minimum Gasteiger partial charge on any atom is -0.360 e. The number of benzene rings is 1. The lowest BCUT2D eigenvalue weighted by atomic mass is 10.2. The van der Waals surface area contributed by atoms with Crippen LogP contribution in [0.1, 0.15) is 23.9 Å². The van der Waals surface area contributed by atoms with Gasteiger partial charge in [-0.15, -0.1) is 0 Å². The van der Waals surface area contributed by atoms with Gasteiger partial charge < -0.3 is 9.42 Å². The van der Waals surface area contributed by atoms with Crippen molar-refractivity contribution in [1.82, 2.24) is 19.7 Å². The third-order valence-electron chi connectivity index (χ3n) is 5.03. The third kappa shape index (κ3) is 5.00. The molecule has 1 amide bonds. The van der Waals surface area contributed by atoms with Crippen LogP contribution in [0.5, 0.6) is 0 Å². The second-order valence-corrected chi connectivity index (χ2v) is 9.39. The number of hydrogen-bond donors (Lipinski definition) is 1. The molecule has 0 bridgehead atoms. The lowest BCUT2D eigenvalue weighted by Gasteiger charge is -2.36. The highest BCUT2D eigenvalue weighted by Gasteiger charge is 2.31. The summed E-state index contributed by atoms with van der Waals surface area (Å²) in [5, 5.41) is 4.02. The van der Waals surface area contributed by atoms with Crippen LogP contribution >= 0.6 is 11.6 Å². The lowest BCUT2D eigenvalue weighted by Crippen LogP contribution is -2.53. The summed E-state index contributed by atoms with van der Waals surface area (Å²) in [5.74, 6) is -0.510. The minimum atomic E-state index is -3.93. The zero-order chi connectivity index (χ0) is 22.1. The number of nitrogens with zero attached hydrogens (tertiary/aromatic N) is 3. The first kappa shape index (κ1) is 22.7. The Morgan fingerprint density at radius 2 is 1.97 bits per heavy atom. The number of piperazine rings is 1. The summed E-state index contributed by atoms with van der Waals surface area (Å²) in [5.41, 5.74) is 1.06. The molecule has 1 fully saturated rings. The SMILES string of the molecule is Cc1noc(C)c1S(=O)(=O)N[C@@H](C)C(=O)N1CCN(Cc2ccc(F)cc2Cl)CC1. The first-order valence-electron chi connectivity index (χ1n) is 9.49. The largest absolute Gasteiger partial charge is 0.360 e. The van der Waals surface area contributed by atoms with Crippen LogP contribution in [0.3, 0.4) is 0 Å². The molecule has 2 heterocycles. The maximum atomic E-state index is 13.2. The Balaban J connectivity index is 1.57. The Bertz CT molecular complexity index is 1020. The molecule has 1 N–H and O–H groups in total. The van der Waals surface area contributed by atoms with E-state index >= 15 is 0 Å². The molecule has 11 heteroatoms. The number of nitrogens with one attached hydrogen (secondary N) is 1. The Morgan fingerprint density at radius 1 is 1.30 bits per heavy atom. The van der Waals surface area contributed by atoms with Crippen molar-refractivity contribution < 1.29 is 22.1 Å². The van der Waals surface area contributed by atoms with Crippen LogP contribution in [-0.4, -0.2) is 61.5 Å². The molecule has 2 aromatic rings. The summed E-state index contributed by atoms with van der Waals surface area (Å²) >= 11 is 6.09. The van der Waals surface area contributed by atoms with Crippen molar-refractivity contribution in [3.05, 3.63) is 46.1 Å². The van der Waals surface area contributed by atoms with Gasteiger partial charge >= 0.3 is 0 Å². The van der Waals surface area contributed by atoms with Crippen molar-refractivity contribution in [1.29, 1.82) is 0 Å². The molecule has 1 aliphatic rings. The van der Waals surface area contributed by atoms with Gasteiger partial charge in [-0.1, -0.05) is 22.8 Å². The van der Waals surface area contributed by atoms with Gasteiger partial charge in [0, 0.05) is 37.7 Å². The van der Waals surface area contributed by atoms with Gasteiger partial charge in [0.15, 0.2) is 5.76 Å². The van der Waals surface area contributed by atoms with Gasteiger partial charge in [-0.2, -0.15) is 4.72 Å². The summed E-state index contributed by atoms with van der Waals surface area (Å²) in [7, 11) is -3.93. The predicted octanol–water partition coefficient (Wildman–Crippen LogP) is 2.10. The first-order chi connectivity index (χ1) is 14.1. The number of aromatic nitrogens is 1. The smallest absolute Gasteiger partial charge is 0.246 e. The average Bonchev–Trinajstić information content (AvgIpc) is 3.02. The molecule has 1 aliphatic heterocycles. The van der Waals surface area contributed by atoms with Crippen LogP contribution < -0.4 is 4.72 Å². The molecular weight excluding hydrogens is 435 g/mol. The van der Waals surface area contributed by atoms with Crippen molar-refractivity contribution in [2.24, 2.45) is 0 Å². The minimum absolute atomic E-state index is 0.0388. The lowest BCUT2D eigenvalue weighted by molar-refractivity contribution is -0.134. The van der Waals surface area contributed by atoms with E-state index in [0.29, 0.717) is 37.7 Å². The summed E-state index contributed by atoms with van der Waals surface area (Å²) in [4.78, 5) is 16.5. The van der Waals surface area contributed by atoms with E-state index in [1.54, 1.807) is 11.0 Å². The van der Waals surface area contributed by atoms with Gasteiger partial charge in [0.25, 0.3) is 0 Å². The number of halogens is 2. The molecule has 0 unspecified atom stereocenters. The fraction of sp³-hybridized carbons (Fsp3) is 0.474. The highest BCUT2D eigenvalue weighted by molar-refractivity contribution is 7.89. The van der Waals surface area contributed by atoms with Crippen molar-refractivity contribution >= 4 is 27.5 Å². The standard InChI is InChI=1S/C19H24ClFN4O4S/c1-12-18(14(3)29-22-12)30(27,28)23-13(2)19(26)25-8-6-24(7-9-25)11-15-4-5-16(21)10-17(15)20/h4-5,10,13,23H,6-9,11H2,1-3H3/t13-/m0/s1. The molecule has 1 aromatic carbocycles. The Morgan fingerprint density at radius 3 is 2.53 bits per heavy atom. The molecule has 0 radical (unpaired) electrons. The highest BCUT2D eigenvalue weighted by atomic mass is 35.5. The van der Waals surface area contributed by atoms with Gasteiger partial charge in [0.1, 0.15) is 16.4 Å². The van der Waals surface area contributed by atoms with Crippen LogP contribution in [0.2, 0.25) is 5.02 Å². The molecule has 8 nitrogen and oxygen atoms in total. The summed E-state index contributed by atoms with van der Waals surface area (Å²) in [6, 6.07) is 3.37. The van der Waals surface area contributed by atoms with Crippen LogP contribution in [0.25, 0.3) is 0 Å². The van der Waals surface area contributed by atoms with Gasteiger partial charge in [-0.25, -0.2) is 12.8 Å². The second-order valence-electron chi connectivity index (χ2n) is 7.33. The number of amides is 1. The molecule has 0 saturated carbocycles. The topological polar surface area (TPSA) is 95.8 Å².